The van der Waals surface area contributed by atoms with E-state index in [1.807, 2.05) is 23.8 Å². The van der Waals surface area contributed by atoms with Gasteiger partial charge in [0.25, 0.3) is 0 Å². The van der Waals surface area contributed by atoms with Gasteiger partial charge in [-0.3, -0.25) is 9.48 Å². The summed E-state index contributed by atoms with van der Waals surface area (Å²) >= 11 is 6.29. The molecule has 2 fully saturated rings. The maximum atomic E-state index is 12.4. The molecule has 27 heavy (non-hydrogen) atoms. The van der Waals surface area contributed by atoms with Crippen LogP contribution >= 0.6 is 11.6 Å². The van der Waals surface area contributed by atoms with Gasteiger partial charge in [0.05, 0.1) is 18.5 Å². The fourth-order valence-corrected chi connectivity index (χ4v) is 3.64. The number of carbonyl (C=O) groups excluding carboxylic acids is 1. The summed E-state index contributed by atoms with van der Waals surface area (Å²) in [4.78, 5) is 28.9. The number of halogens is 1. The number of hydrogen-bond donors (Lipinski definition) is 0. The molecule has 1 saturated carbocycles. The van der Waals surface area contributed by atoms with Crippen molar-refractivity contribution in [1.82, 2.24) is 24.6 Å². The molecule has 2 aliphatic rings. The Hall–Kier alpha value is -2.66. The van der Waals surface area contributed by atoms with Gasteiger partial charge >= 0.3 is 0 Å². The molecule has 0 unspecified atom stereocenters. The highest BCUT2D eigenvalue weighted by Gasteiger charge is 2.37. The smallest absolute Gasteiger partial charge is 0.249 e. The molecule has 140 valence electrons. The number of hydrogen-bond acceptors (Lipinski definition) is 5. The van der Waals surface area contributed by atoms with Gasteiger partial charge in [-0.25, -0.2) is 14.8 Å². The third-order valence-corrected chi connectivity index (χ3v) is 5.30. The number of rotatable bonds is 3. The fraction of sp³-hybridized carbons (Fsp3) is 0.500. The fourth-order valence-electron chi connectivity index (χ4n) is 3.43. The molecule has 2 aromatic heterocycles. The molecule has 2 aromatic rings. The van der Waals surface area contributed by atoms with Gasteiger partial charge in [0, 0.05) is 50.4 Å². The lowest BCUT2D eigenvalue weighted by Crippen LogP contribution is -2.55. The largest absolute Gasteiger partial charge is 0.337 e. The molecule has 1 aliphatic heterocycles. The number of amides is 1. The predicted molar refractivity (Wildman–Crippen MR) is 102 cm³/mol. The SMILES string of the molecule is [C-]#[N+]c1c(Cl)nc(N2CCN(C(=O)C3CC3)[C@H](C)C2)nc1-c1cnn(C)c1. The summed E-state index contributed by atoms with van der Waals surface area (Å²) in [6.07, 6.45) is 5.48. The van der Waals surface area contributed by atoms with Crippen LogP contribution in [0.15, 0.2) is 12.4 Å². The first-order chi connectivity index (χ1) is 13.0. The van der Waals surface area contributed by atoms with Crippen LogP contribution in [-0.2, 0) is 11.8 Å². The van der Waals surface area contributed by atoms with E-state index in [-0.39, 0.29) is 28.7 Å². The second-order valence-electron chi connectivity index (χ2n) is 7.13. The summed E-state index contributed by atoms with van der Waals surface area (Å²) in [5, 5.41) is 4.29. The van der Waals surface area contributed by atoms with Crippen LogP contribution in [0.4, 0.5) is 11.6 Å². The Morgan fingerprint density at radius 3 is 2.70 bits per heavy atom. The topological polar surface area (TPSA) is 71.5 Å². The molecule has 1 saturated heterocycles. The minimum absolute atomic E-state index is 0.0802. The van der Waals surface area contributed by atoms with Crippen LogP contribution < -0.4 is 4.90 Å². The highest BCUT2D eigenvalue weighted by atomic mass is 35.5. The van der Waals surface area contributed by atoms with E-state index in [1.165, 1.54) is 0 Å². The zero-order chi connectivity index (χ0) is 19.1. The van der Waals surface area contributed by atoms with E-state index >= 15 is 0 Å². The van der Waals surface area contributed by atoms with Crippen molar-refractivity contribution < 1.29 is 4.79 Å². The molecule has 0 radical (unpaired) electrons. The molecular weight excluding hydrogens is 366 g/mol. The summed E-state index contributed by atoms with van der Waals surface area (Å²) in [5.74, 6) is 0.969. The highest BCUT2D eigenvalue weighted by molar-refractivity contribution is 6.32. The number of aromatic nitrogens is 4. The van der Waals surface area contributed by atoms with E-state index in [0.29, 0.717) is 31.3 Å². The molecule has 1 aliphatic carbocycles. The van der Waals surface area contributed by atoms with Crippen molar-refractivity contribution in [3.8, 4) is 11.3 Å². The Bertz CT molecular complexity index is 930. The van der Waals surface area contributed by atoms with Gasteiger partial charge in [0.2, 0.25) is 17.5 Å². The Labute approximate surface area is 162 Å². The normalized spacial score (nSPS) is 19.9. The molecule has 1 atom stereocenters. The van der Waals surface area contributed by atoms with Crippen molar-refractivity contribution in [2.75, 3.05) is 24.5 Å². The number of piperazine rings is 1. The molecule has 9 heteroatoms. The standard InChI is InChI=1S/C18H20ClN7O/c1-11-9-25(6-7-26(11)17(27)12-4-5-12)18-22-14(13-8-21-24(3)10-13)15(20-2)16(19)23-18/h8,10-12H,4-7,9H2,1,3H3/t11-/m1/s1. The first-order valence-electron chi connectivity index (χ1n) is 8.97. The second-order valence-corrected chi connectivity index (χ2v) is 7.49. The van der Waals surface area contributed by atoms with Crippen molar-refractivity contribution in [2.24, 2.45) is 13.0 Å². The van der Waals surface area contributed by atoms with E-state index in [0.717, 1.165) is 18.4 Å². The highest BCUT2D eigenvalue weighted by Crippen LogP contribution is 2.36. The monoisotopic (exact) mass is 385 g/mol. The van der Waals surface area contributed by atoms with Gasteiger partial charge in [0.1, 0.15) is 5.15 Å². The molecule has 1 amide bonds. The third-order valence-electron chi connectivity index (χ3n) is 5.04. The minimum atomic E-state index is 0.0802. The first kappa shape index (κ1) is 17.7. The summed E-state index contributed by atoms with van der Waals surface area (Å²) < 4.78 is 1.66. The lowest BCUT2D eigenvalue weighted by molar-refractivity contribution is -0.134. The molecule has 4 rings (SSSR count). The van der Waals surface area contributed by atoms with Gasteiger partial charge in [-0.15, -0.1) is 0 Å². The Kier molecular flexibility index (Phi) is 4.48. The van der Waals surface area contributed by atoms with Crippen LogP contribution in [0.25, 0.3) is 16.1 Å². The molecule has 8 nitrogen and oxygen atoms in total. The Morgan fingerprint density at radius 2 is 2.11 bits per heavy atom. The van der Waals surface area contributed by atoms with Gasteiger partial charge < -0.3 is 9.80 Å². The Morgan fingerprint density at radius 1 is 1.33 bits per heavy atom. The molecule has 0 bridgehead atoms. The summed E-state index contributed by atoms with van der Waals surface area (Å²) in [6, 6.07) is 0.0802. The lowest BCUT2D eigenvalue weighted by atomic mass is 10.1. The van der Waals surface area contributed by atoms with E-state index in [2.05, 4.69) is 19.9 Å². The first-order valence-corrected chi connectivity index (χ1v) is 9.35. The van der Waals surface area contributed by atoms with Crippen LogP contribution in [0, 0.1) is 12.5 Å². The van der Waals surface area contributed by atoms with Crippen molar-refractivity contribution >= 4 is 29.1 Å². The summed E-state index contributed by atoms with van der Waals surface area (Å²) in [5.41, 5.74) is 1.44. The van der Waals surface area contributed by atoms with Crippen LogP contribution in [0.3, 0.4) is 0 Å². The number of carbonyl (C=O) groups is 1. The van der Waals surface area contributed by atoms with Crippen LogP contribution in [0.2, 0.25) is 5.15 Å². The van der Waals surface area contributed by atoms with E-state index in [4.69, 9.17) is 18.2 Å². The summed E-state index contributed by atoms with van der Waals surface area (Å²) in [6.45, 7) is 11.4. The van der Waals surface area contributed by atoms with E-state index in [9.17, 15) is 4.79 Å². The van der Waals surface area contributed by atoms with Crippen molar-refractivity contribution in [3.05, 3.63) is 29.0 Å². The minimum Gasteiger partial charge on any atom is -0.337 e. The van der Waals surface area contributed by atoms with Gasteiger partial charge in [0.15, 0.2) is 0 Å². The van der Waals surface area contributed by atoms with Crippen LogP contribution in [0.5, 0.6) is 0 Å². The number of anilines is 1. The second kappa shape index (κ2) is 6.82. The van der Waals surface area contributed by atoms with Crippen molar-refractivity contribution in [1.29, 1.82) is 0 Å². The molecule has 0 aromatic carbocycles. The van der Waals surface area contributed by atoms with Crippen molar-refractivity contribution in [3.63, 3.8) is 0 Å². The average molecular weight is 386 g/mol. The third kappa shape index (κ3) is 3.35. The maximum absolute atomic E-state index is 12.4. The van der Waals surface area contributed by atoms with Gasteiger partial charge in [-0.05, 0) is 19.8 Å². The molecule has 0 spiro atoms. The maximum Gasteiger partial charge on any atom is 0.249 e. The van der Waals surface area contributed by atoms with Crippen molar-refractivity contribution in [2.45, 2.75) is 25.8 Å². The number of aryl methyl sites for hydroxylation is 1. The number of nitrogens with zero attached hydrogens (tertiary/aromatic N) is 7. The molecule has 0 N–H and O–H groups in total. The molecular formula is C18H20ClN7O. The van der Waals surface area contributed by atoms with Crippen LogP contribution in [0.1, 0.15) is 19.8 Å². The lowest BCUT2D eigenvalue weighted by Gasteiger charge is -2.40. The Balaban J connectivity index is 1.62. The van der Waals surface area contributed by atoms with E-state index < -0.39 is 0 Å². The zero-order valence-corrected chi connectivity index (χ0v) is 16.0. The quantitative estimate of drug-likeness (QED) is 0.599. The van der Waals surface area contributed by atoms with E-state index in [1.54, 1.807) is 17.1 Å². The zero-order valence-electron chi connectivity index (χ0n) is 15.3. The van der Waals surface area contributed by atoms with Gasteiger partial charge in [-0.2, -0.15) is 5.10 Å². The molecule has 3 heterocycles. The summed E-state index contributed by atoms with van der Waals surface area (Å²) in [7, 11) is 1.81. The predicted octanol–water partition coefficient (Wildman–Crippen LogP) is 2.53. The van der Waals surface area contributed by atoms with Gasteiger partial charge in [-0.1, -0.05) is 11.6 Å². The van der Waals surface area contributed by atoms with Crippen LogP contribution in [-0.4, -0.2) is 56.2 Å². The average Bonchev–Trinajstić information content (AvgIpc) is 3.41.